The van der Waals surface area contributed by atoms with E-state index in [9.17, 15) is 18.4 Å². The van der Waals surface area contributed by atoms with Crippen molar-refractivity contribution in [3.8, 4) is 5.75 Å². The molecular formula is C16H21F2N3O3. The van der Waals surface area contributed by atoms with Crippen molar-refractivity contribution in [3.63, 3.8) is 0 Å². The Hall–Kier alpha value is -2.38. The van der Waals surface area contributed by atoms with Crippen LogP contribution in [0.15, 0.2) is 12.1 Å². The zero-order chi connectivity index (χ0) is 17.7. The highest BCUT2D eigenvalue weighted by atomic mass is 19.1. The summed E-state index contributed by atoms with van der Waals surface area (Å²) < 4.78 is 32.8. The second-order valence-electron chi connectivity index (χ2n) is 5.87. The lowest BCUT2D eigenvalue weighted by Gasteiger charge is -2.16. The number of hydrogen-bond donors (Lipinski definition) is 3. The van der Waals surface area contributed by atoms with E-state index in [2.05, 4.69) is 16.0 Å². The maximum Gasteiger partial charge on any atom is 0.319 e. The van der Waals surface area contributed by atoms with Crippen molar-refractivity contribution in [1.29, 1.82) is 0 Å². The molecule has 0 bridgehead atoms. The Morgan fingerprint density at radius 2 is 1.96 bits per heavy atom. The molecule has 0 aliphatic carbocycles. The van der Waals surface area contributed by atoms with Crippen LogP contribution >= 0.6 is 0 Å². The van der Waals surface area contributed by atoms with Crippen LogP contribution in [0.5, 0.6) is 5.75 Å². The number of amides is 3. The third-order valence-electron chi connectivity index (χ3n) is 3.45. The Morgan fingerprint density at radius 1 is 1.29 bits per heavy atom. The number of benzene rings is 1. The average Bonchev–Trinajstić information content (AvgIpc) is 2.68. The summed E-state index contributed by atoms with van der Waals surface area (Å²) >= 11 is 0. The summed E-state index contributed by atoms with van der Waals surface area (Å²) in [5.74, 6) is -2.57. The minimum Gasteiger partial charge on any atom is -0.485 e. The van der Waals surface area contributed by atoms with E-state index in [1.807, 2.05) is 0 Å². The molecule has 1 aromatic rings. The monoisotopic (exact) mass is 341 g/mol. The van der Waals surface area contributed by atoms with E-state index < -0.39 is 29.5 Å². The zero-order valence-corrected chi connectivity index (χ0v) is 13.6. The summed E-state index contributed by atoms with van der Waals surface area (Å²) in [7, 11) is 0. The summed E-state index contributed by atoms with van der Waals surface area (Å²) in [5.41, 5.74) is -0.0624. The number of carbonyl (C=O) groups is 2. The lowest BCUT2D eigenvalue weighted by molar-refractivity contribution is -0.122. The number of anilines is 1. The van der Waals surface area contributed by atoms with Gasteiger partial charge in [-0.25, -0.2) is 13.6 Å². The van der Waals surface area contributed by atoms with Gasteiger partial charge >= 0.3 is 6.03 Å². The molecule has 0 aromatic heterocycles. The molecule has 1 aliphatic heterocycles. The highest BCUT2D eigenvalue weighted by Gasteiger charge is 2.23. The van der Waals surface area contributed by atoms with Crippen LogP contribution in [0.25, 0.3) is 0 Å². The molecular weight excluding hydrogens is 320 g/mol. The predicted molar refractivity (Wildman–Crippen MR) is 84.9 cm³/mol. The highest BCUT2D eigenvalue weighted by molar-refractivity contribution is 5.93. The fourth-order valence-electron chi connectivity index (χ4n) is 2.38. The second-order valence-corrected chi connectivity index (χ2v) is 5.87. The molecule has 24 heavy (non-hydrogen) atoms. The maximum atomic E-state index is 13.9. The van der Waals surface area contributed by atoms with Crippen LogP contribution in [0.1, 0.15) is 33.1 Å². The van der Waals surface area contributed by atoms with Crippen LogP contribution < -0.4 is 20.7 Å². The Kier molecular flexibility index (Phi) is 5.94. The minimum absolute atomic E-state index is 0.0624. The third-order valence-corrected chi connectivity index (χ3v) is 3.45. The van der Waals surface area contributed by atoms with Crippen molar-refractivity contribution in [2.75, 3.05) is 11.9 Å². The van der Waals surface area contributed by atoms with Crippen LogP contribution in [0.4, 0.5) is 19.3 Å². The van der Waals surface area contributed by atoms with E-state index in [4.69, 9.17) is 4.74 Å². The van der Waals surface area contributed by atoms with Crippen molar-refractivity contribution in [2.24, 2.45) is 0 Å². The fourth-order valence-corrected chi connectivity index (χ4v) is 2.38. The van der Waals surface area contributed by atoms with E-state index in [1.54, 1.807) is 13.8 Å². The number of rotatable bonds is 4. The van der Waals surface area contributed by atoms with Crippen molar-refractivity contribution < 1.29 is 23.1 Å². The molecule has 0 saturated carbocycles. The normalized spacial score (nSPS) is 17.9. The van der Waals surface area contributed by atoms with Gasteiger partial charge in [0, 0.05) is 24.4 Å². The van der Waals surface area contributed by atoms with Gasteiger partial charge in [-0.3, -0.25) is 4.79 Å². The Balaban J connectivity index is 2.02. The van der Waals surface area contributed by atoms with Crippen LogP contribution in [0.2, 0.25) is 0 Å². The highest BCUT2D eigenvalue weighted by Crippen LogP contribution is 2.26. The Bertz CT molecular complexity index is 600. The fraction of sp³-hybridized carbons (Fsp3) is 0.500. The maximum absolute atomic E-state index is 13.9. The van der Waals surface area contributed by atoms with Gasteiger partial charge in [-0.1, -0.05) is 0 Å². The molecule has 1 heterocycles. The first-order valence-electron chi connectivity index (χ1n) is 7.87. The molecule has 3 amide bonds. The third kappa shape index (κ3) is 4.81. The topological polar surface area (TPSA) is 79.5 Å². The smallest absolute Gasteiger partial charge is 0.319 e. The summed E-state index contributed by atoms with van der Waals surface area (Å²) in [6.45, 7) is 3.87. The molecule has 3 N–H and O–H groups in total. The molecule has 1 atom stereocenters. The molecule has 1 saturated heterocycles. The van der Waals surface area contributed by atoms with Gasteiger partial charge in [0.2, 0.25) is 5.91 Å². The molecule has 132 valence electrons. The van der Waals surface area contributed by atoms with Crippen molar-refractivity contribution in [3.05, 3.63) is 23.8 Å². The molecule has 1 aliphatic rings. The van der Waals surface area contributed by atoms with Crippen LogP contribution in [-0.4, -0.2) is 30.6 Å². The molecule has 2 rings (SSSR count). The molecule has 1 aromatic carbocycles. The summed E-state index contributed by atoms with van der Waals surface area (Å²) in [5, 5.41) is 7.52. The van der Waals surface area contributed by atoms with Gasteiger partial charge in [-0.05, 0) is 33.1 Å². The van der Waals surface area contributed by atoms with Gasteiger partial charge in [0.1, 0.15) is 6.04 Å². The van der Waals surface area contributed by atoms with E-state index in [1.165, 1.54) is 0 Å². The van der Waals surface area contributed by atoms with Gasteiger partial charge in [-0.2, -0.15) is 0 Å². The molecule has 0 radical (unpaired) electrons. The predicted octanol–water partition coefficient (Wildman–Crippen LogP) is 2.54. The quantitative estimate of drug-likeness (QED) is 0.787. The van der Waals surface area contributed by atoms with E-state index in [0.29, 0.717) is 13.0 Å². The standard InChI is InChI=1S/C16H21F2N3O3/c1-9(2)24-14-11(17)7-10(8-12(14)18)20-16(23)21-13-5-3-4-6-19-15(13)22/h7-9,13H,3-6H2,1-2H3,(H,19,22)(H2,20,21,23). The van der Waals surface area contributed by atoms with Crippen molar-refractivity contribution >= 4 is 17.6 Å². The van der Waals surface area contributed by atoms with E-state index in [-0.39, 0.29) is 17.7 Å². The number of ether oxygens (including phenoxy) is 1. The average molecular weight is 341 g/mol. The first-order chi connectivity index (χ1) is 11.4. The zero-order valence-electron chi connectivity index (χ0n) is 13.6. The van der Waals surface area contributed by atoms with Crippen molar-refractivity contribution in [1.82, 2.24) is 10.6 Å². The minimum atomic E-state index is -0.911. The SMILES string of the molecule is CC(C)Oc1c(F)cc(NC(=O)NC2CCCCNC2=O)cc1F. The number of nitrogens with one attached hydrogen (secondary N) is 3. The number of hydrogen-bond acceptors (Lipinski definition) is 3. The molecule has 1 unspecified atom stereocenters. The second kappa shape index (κ2) is 7.94. The van der Waals surface area contributed by atoms with Gasteiger partial charge < -0.3 is 20.7 Å². The number of urea groups is 1. The van der Waals surface area contributed by atoms with Crippen LogP contribution in [0.3, 0.4) is 0 Å². The molecule has 0 spiro atoms. The van der Waals surface area contributed by atoms with Crippen molar-refractivity contribution in [2.45, 2.75) is 45.3 Å². The van der Waals surface area contributed by atoms with Gasteiger partial charge in [0.05, 0.1) is 6.10 Å². The summed E-state index contributed by atoms with van der Waals surface area (Å²) in [4.78, 5) is 23.7. The molecule has 6 nitrogen and oxygen atoms in total. The lowest BCUT2D eigenvalue weighted by Crippen LogP contribution is -2.47. The van der Waals surface area contributed by atoms with E-state index in [0.717, 1.165) is 25.0 Å². The Morgan fingerprint density at radius 3 is 2.58 bits per heavy atom. The lowest BCUT2D eigenvalue weighted by atomic mass is 10.1. The largest absolute Gasteiger partial charge is 0.485 e. The van der Waals surface area contributed by atoms with Crippen LogP contribution in [-0.2, 0) is 4.79 Å². The summed E-state index contributed by atoms with van der Waals surface area (Å²) in [6, 6.07) is 0.570. The molecule has 1 fully saturated rings. The first kappa shape index (κ1) is 18.0. The number of carbonyl (C=O) groups excluding carboxylic acids is 2. The van der Waals surface area contributed by atoms with E-state index >= 15 is 0 Å². The van der Waals surface area contributed by atoms with Gasteiger partial charge in [-0.15, -0.1) is 0 Å². The van der Waals surface area contributed by atoms with Gasteiger partial charge in [0.15, 0.2) is 17.4 Å². The van der Waals surface area contributed by atoms with Gasteiger partial charge in [0.25, 0.3) is 0 Å². The Labute approximate surface area is 138 Å². The first-order valence-corrected chi connectivity index (χ1v) is 7.87. The summed E-state index contributed by atoms with van der Waals surface area (Å²) in [6.07, 6.45) is 1.78. The van der Waals surface area contributed by atoms with Crippen LogP contribution in [0, 0.1) is 11.6 Å². The molecule has 8 heteroatoms. The number of halogens is 2.